The van der Waals surface area contributed by atoms with Gasteiger partial charge in [-0.2, -0.15) is 0 Å². The van der Waals surface area contributed by atoms with Crippen molar-refractivity contribution in [2.45, 2.75) is 13.3 Å². The minimum Gasteiger partial charge on any atom is -0.497 e. The quantitative estimate of drug-likeness (QED) is 0.687. The smallest absolute Gasteiger partial charge is 0.125 e. The van der Waals surface area contributed by atoms with Crippen LogP contribution in [0.1, 0.15) is 12.5 Å². The molecule has 0 saturated carbocycles. The molecule has 4 nitrogen and oxygen atoms in total. The predicted molar refractivity (Wildman–Crippen MR) is 74.3 cm³/mol. The zero-order chi connectivity index (χ0) is 13.4. The highest BCUT2D eigenvalue weighted by Crippen LogP contribution is 2.24. The Morgan fingerprint density at radius 1 is 1.28 bits per heavy atom. The van der Waals surface area contributed by atoms with Crippen LogP contribution in [0.25, 0.3) is 0 Å². The molecule has 0 aromatic heterocycles. The van der Waals surface area contributed by atoms with Crippen LogP contribution >= 0.6 is 0 Å². The predicted octanol–water partition coefficient (Wildman–Crippen LogP) is 1.43. The van der Waals surface area contributed by atoms with Crippen LogP contribution in [0.2, 0.25) is 0 Å². The molecule has 1 atom stereocenters. The van der Waals surface area contributed by atoms with Crippen molar-refractivity contribution in [2.75, 3.05) is 33.9 Å². The molecule has 0 spiro atoms. The molecule has 0 saturated heterocycles. The van der Waals surface area contributed by atoms with Crippen molar-refractivity contribution in [1.82, 2.24) is 5.32 Å². The summed E-state index contributed by atoms with van der Waals surface area (Å²) in [6, 6.07) is 5.92. The maximum absolute atomic E-state index is 5.57. The average Bonchev–Trinajstić information content (AvgIpc) is 2.43. The molecule has 0 bridgehead atoms. The van der Waals surface area contributed by atoms with Gasteiger partial charge >= 0.3 is 0 Å². The van der Waals surface area contributed by atoms with Gasteiger partial charge in [-0.15, -0.1) is 0 Å². The van der Waals surface area contributed by atoms with Crippen LogP contribution in [0.15, 0.2) is 18.2 Å². The summed E-state index contributed by atoms with van der Waals surface area (Å²) in [5, 5.41) is 3.40. The molecule has 0 aliphatic rings. The van der Waals surface area contributed by atoms with E-state index in [4.69, 9.17) is 15.2 Å². The molecule has 4 heteroatoms. The van der Waals surface area contributed by atoms with E-state index in [2.05, 4.69) is 12.2 Å². The molecule has 1 unspecified atom stereocenters. The van der Waals surface area contributed by atoms with Gasteiger partial charge in [-0.3, -0.25) is 0 Å². The summed E-state index contributed by atoms with van der Waals surface area (Å²) < 4.78 is 10.5. The van der Waals surface area contributed by atoms with Gasteiger partial charge in [-0.25, -0.2) is 0 Å². The highest BCUT2D eigenvalue weighted by Gasteiger charge is 2.05. The van der Waals surface area contributed by atoms with Crippen LogP contribution in [0.3, 0.4) is 0 Å². The first-order valence-electron chi connectivity index (χ1n) is 6.33. The van der Waals surface area contributed by atoms with Gasteiger partial charge in [-0.05, 0) is 43.6 Å². The number of methoxy groups -OCH3 is 2. The minimum absolute atomic E-state index is 0.516. The lowest BCUT2D eigenvalue weighted by Gasteiger charge is -2.12. The van der Waals surface area contributed by atoms with Crippen molar-refractivity contribution < 1.29 is 9.47 Å². The molecule has 0 aliphatic heterocycles. The summed E-state index contributed by atoms with van der Waals surface area (Å²) in [5.41, 5.74) is 6.76. The minimum atomic E-state index is 0.516. The van der Waals surface area contributed by atoms with Crippen molar-refractivity contribution >= 4 is 0 Å². The Kier molecular flexibility index (Phi) is 6.54. The Hall–Kier alpha value is -1.26. The average molecular weight is 252 g/mol. The number of hydrogen-bond acceptors (Lipinski definition) is 4. The zero-order valence-electron chi connectivity index (χ0n) is 11.5. The summed E-state index contributed by atoms with van der Waals surface area (Å²) in [7, 11) is 3.34. The topological polar surface area (TPSA) is 56.5 Å². The van der Waals surface area contributed by atoms with E-state index in [1.54, 1.807) is 14.2 Å². The summed E-state index contributed by atoms with van der Waals surface area (Å²) >= 11 is 0. The molecule has 0 amide bonds. The molecule has 1 aromatic carbocycles. The molecule has 1 rings (SSSR count). The van der Waals surface area contributed by atoms with Crippen molar-refractivity contribution in [2.24, 2.45) is 11.7 Å². The van der Waals surface area contributed by atoms with Crippen molar-refractivity contribution in [3.05, 3.63) is 23.8 Å². The van der Waals surface area contributed by atoms with Crippen LogP contribution < -0.4 is 20.5 Å². The fraction of sp³-hybridized carbons (Fsp3) is 0.571. The van der Waals surface area contributed by atoms with Gasteiger partial charge in [0.25, 0.3) is 0 Å². The van der Waals surface area contributed by atoms with E-state index in [0.29, 0.717) is 5.92 Å². The number of ether oxygens (including phenoxy) is 2. The third kappa shape index (κ3) is 4.55. The Morgan fingerprint density at radius 2 is 2.06 bits per heavy atom. The lowest BCUT2D eigenvalue weighted by atomic mass is 10.1. The highest BCUT2D eigenvalue weighted by molar-refractivity contribution is 5.40. The highest BCUT2D eigenvalue weighted by atomic mass is 16.5. The van der Waals surface area contributed by atoms with Crippen molar-refractivity contribution in [3.63, 3.8) is 0 Å². The molecular weight excluding hydrogens is 228 g/mol. The third-order valence-electron chi connectivity index (χ3n) is 2.96. The fourth-order valence-electron chi connectivity index (χ4n) is 1.71. The molecule has 0 fully saturated rings. The maximum atomic E-state index is 5.57. The second-order valence-electron chi connectivity index (χ2n) is 4.47. The number of benzene rings is 1. The lowest BCUT2D eigenvalue weighted by molar-refractivity contribution is 0.390. The van der Waals surface area contributed by atoms with E-state index < -0.39 is 0 Å². The molecule has 0 radical (unpaired) electrons. The normalized spacial score (nSPS) is 12.2. The molecule has 0 heterocycles. The van der Waals surface area contributed by atoms with E-state index in [0.717, 1.165) is 37.6 Å². The van der Waals surface area contributed by atoms with E-state index in [1.165, 1.54) is 5.56 Å². The standard InChI is InChI=1S/C14H24N2O2/c1-11(9-15)10-16-7-6-12-4-5-13(17-2)8-14(12)18-3/h4-5,8,11,16H,6-7,9-10,15H2,1-3H3. The van der Waals surface area contributed by atoms with E-state index in [9.17, 15) is 0 Å². The Bertz CT molecular complexity index is 356. The van der Waals surface area contributed by atoms with Crippen molar-refractivity contribution in [3.8, 4) is 11.5 Å². The molecule has 3 N–H and O–H groups in total. The van der Waals surface area contributed by atoms with E-state index >= 15 is 0 Å². The van der Waals surface area contributed by atoms with E-state index in [1.807, 2.05) is 18.2 Å². The van der Waals surface area contributed by atoms with E-state index in [-0.39, 0.29) is 0 Å². The molecule has 0 aliphatic carbocycles. The lowest BCUT2D eigenvalue weighted by Crippen LogP contribution is -2.27. The third-order valence-corrected chi connectivity index (χ3v) is 2.96. The molecule has 1 aromatic rings. The molecular formula is C14H24N2O2. The summed E-state index contributed by atoms with van der Waals surface area (Å²) in [6.45, 7) is 4.74. The number of nitrogens with one attached hydrogen (secondary N) is 1. The fourth-order valence-corrected chi connectivity index (χ4v) is 1.71. The second kappa shape index (κ2) is 7.95. The first kappa shape index (κ1) is 14.8. The van der Waals surface area contributed by atoms with Crippen LogP contribution in [0.5, 0.6) is 11.5 Å². The summed E-state index contributed by atoms with van der Waals surface area (Å²) in [5.74, 6) is 2.21. The SMILES string of the molecule is COc1ccc(CCNCC(C)CN)c(OC)c1. The second-order valence-corrected chi connectivity index (χ2v) is 4.47. The van der Waals surface area contributed by atoms with Crippen LogP contribution in [-0.4, -0.2) is 33.9 Å². The number of rotatable bonds is 8. The molecule has 102 valence electrons. The zero-order valence-corrected chi connectivity index (χ0v) is 11.5. The first-order chi connectivity index (χ1) is 8.71. The number of nitrogens with two attached hydrogens (primary N) is 1. The maximum Gasteiger partial charge on any atom is 0.125 e. The van der Waals surface area contributed by atoms with Gasteiger partial charge in [0.15, 0.2) is 0 Å². The summed E-state index contributed by atoms with van der Waals surface area (Å²) in [4.78, 5) is 0. The van der Waals surface area contributed by atoms with Gasteiger partial charge in [0.1, 0.15) is 11.5 Å². The van der Waals surface area contributed by atoms with Crippen molar-refractivity contribution in [1.29, 1.82) is 0 Å². The largest absolute Gasteiger partial charge is 0.497 e. The Labute approximate surface area is 109 Å². The van der Waals surface area contributed by atoms with Gasteiger partial charge in [0.2, 0.25) is 0 Å². The van der Waals surface area contributed by atoms with Gasteiger partial charge in [0.05, 0.1) is 14.2 Å². The van der Waals surface area contributed by atoms with Crippen LogP contribution in [0, 0.1) is 5.92 Å². The van der Waals surface area contributed by atoms with Crippen LogP contribution in [0.4, 0.5) is 0 Å². The Balaban J connectivity index is 2.46. The molecule has 18 heavy (non-hydrogen) atoms. The van der Waals surface area contributed by atoms with Crippen LogP contribution in [-0.2, 0) is 6.42 Å². The first-order valence-corrected chi connectivity index (χ1v) is 6.33. The van der Waals surface area contributed by atoms with Gasteiger partial charge in [0, 0.05) is 6.07 Å². The number of hydrogen-bond donors (Lipinski definition) is 2. The Morgan fingerprint density at radius 3 is 2.67 bits per heavy atom. The van der Waals surface area contributed by atoms with Gasteiger partial charge < -0.3 is 20.5 Å². The monoisotopic (exact) mass is 252 g/mol. The summed E-state index contributed by atoms with van der Waals surface area (Å²) in [6.07, 6.45) is 0.935. The van der Waals surface area contributed by atoms with Gasteiger partial charge in [-0.1, -0.05) is 13.0 Å².